The van der Waals surface area contributed by atoms with E-state index in [9.17, 15) is 10.1 Å². The van der Waals surface area contributed by atoms with Crippen molar-refractivity contribution >= 4 is 23.2 Å². The molecule has 0 saturated carbocycles. The lowest BCUT2D eigenvalue weighted by atomic mass is 9.96. The van der Waals surface area contributed by atoms with Crippen molar-refractivity contribution in [3.63, 3.8) is 0 Å². The van der Waals surface area contributed by atoms with E-state index in [4.69, 9.17) is 0 Å². The summed E-state index contributed by atoms with van der Waals surface area (Å²) in [5.41, 5.74) is 2.61. The Labute approximate surface area is 160 Å². The molecule has 0 radical (unpaired) electrons. The summed E-state index contributed by atoms with van der Waals surface area (Å²) in [6.07, 6.45) is 1.44. The maximum atomic E-state index is 11.9. The molecule has 1 amide bonds. The molecule has 142 valence electrons. The van der Waals surface area contributed by atoms with E-state index in [1.54, 1.807) is 19.2 Å². The van der Waals surface area contributed by atoms with Crippen molar-refractivity contribution < 1.29 is 4.79 Å². The quantitative estimate of drug-likeness (QED) is 0.844. The monoisotopic (exact) mass is 366 g/mol. The van der Waals surface area contributed by atoms with Gasteiger partial charge >= 0.3 is 0 Å². The van der Waals surface area contributed by atoms with Crippen LogP contribution >= 0.6 is 0 Å². The van der Waals surface area contributed by atoms with Crippen molar-refractivity contribution in [2.45, 2.75) is 27.7 Å². The molecule has 0 aliphatic heterocycles. The minimum atomic E-state index is -0.174. The standard InChI is InChI=1S/C20H26N6O/c1-13-7-8-14(19(27)22-5)9-16(13)25-17-15(10-21)18(24-12-23-17)26(6)11-20(2,3)4/h7-9,12H,11H2,1-6H3,(H,22,27)(H,23,24,25). The SMILES string of the molecule is CNC(=O)c1ccc(C)c(Nc2ncnc(N(C)CC(C)(C)C)c2C#N)c1. The average molecular weight is 366 g/mol. The van der Waals surface area contributed by atoms with Crippen LogP contribution in [0.25, 0.3) is 0 Å². The molecule has 0 atom stereocenters. The molecule has 2 N–H and O–H groups in total. The van der Waals surface area contributed by atoms with E-state index in [1.807, 2.05) is 24.9 Å². The molecular formula is C20H26N6O. The highest BCUT2D eigenvalue weighted by Crippen LogP contribution is 2.28. The summed E-state index contributed by atoms with van der Waals surface area (Å²) in [6, 6.07) is 7.57. The van der Waals surface area contributed by atoms with E-state index in [-0.39, 0.29) is 11.3 Å². The lowest BCUT2D eigenvalue weighted by Gasteiger charge is -2.28. The Hall–Kier alpha value is -3.14. The lowest BCUT2D eigenvalue weighted by Crippen LogP contribution is -2.30. The van der Waals surface area contributed by atoms with E-state index in [1.165, 1.54) is 6.33 Å². The van der Waals surface area contributed by atoms with Crippen LogP contribution in [0.15, 0.2) is 24.5 Å². The zero-order valence-corrected chi connectivity index (χ0v) is 16.7. The molecule has 0 spiro atoms. The number of anilines is 3. The summed E-state index contributed by atoms with van der Waals surface area (Å²) in [5, 5.41) is 15.5. The molecule has 0 aliphatic carbocycles. The second-order valence-corrected chi connectivity index (χ2v) is 7.68. The van der Waals surface area contributed by atoms with Crippen molar-refractivity contribution in [2.75, 3.05) is 30.9 Å². The zero-order chi connectivity index (χ0) is 20.2. The van der Waals surface area contributed by atoms with E-state index in [0.29, 0.717) is 22.8 Å². The Kier molecular flexibility index (Phi) is 6.01. The number of nitriles is 1. The summed E-state index contributed by atoms with van der Waals surface area (Å²) >= 11 is 0. The van der Waals surface area contributed by atoms with Crippen LogP contribution in [0.2, 0.25) is 0 Å². The van der Waals surface area contributed by atoms with Gasteiger partial charge in [0.1, 0.15) is 18.0 Å². The number of aromatic nitrogens is 2. The maximum Gasteiger partial charge on any atom is 0.251 e. The van der Waals surface area contributed by atoms with Crippen molar-refractivity contribution in [1.29, 1.82) is 5.26 Å². The number of aryl methyl sites for hydroxylation is 1. The van der Waals surface area contributed by atoms with Gasteiger partial charge in [-0.2, -0.15) is 5.26 Å². The first-order valence-corrected chi connectivity index (χ1v) is 8.72. The Balaban J connectivity index is 2.42. The number of amides is 1. The third-order valence-electron chi connectivity index (χ3n) is 3.99. The number of nitrogens with zero attached hydrogens (tertiary/aromatic N) is 4. The highest BCUT2D eigenvalue weighted by Gasteiger charge is 2.20. The normalized spacial score (nSPS) is 10.9. The smallest absolute Gasteiger partial charge is 0.251 e. The van der Waals surface area contributed by atoms with Crippen molar-refractivity contribution in [2.24, 2.45) is 5.41 Å². The topological polar surface area (TPSA) is 93.9 Å². The van der Waals surface area contributed by atoms with Crippen molar-refractivity contribution in [3.05, 3.63) is 41.2 Å². The van der Waals surface area contributed by atoms with Crippen LogP contribution in [0.1, 0.15) is 42.3 Å². The fourth-order valence-electron chi connectivity index (χ4n) is 2.82. The predicted octanol–water partition coefficient (Wildman–Crippen LogP) is 3.24. The van der Waals surface area contributed by atoms with Crippen LogP contribution in [0.4, 0.5) is 17.3 Å². The van der Waals surface area contributed by atoms with Crippen molar-refractivity contribution in [3.8, 4) is 6.07 Å². The molecule has 7 heteroatoms. The van der Waals surface area contributed by atoms with Gasteiger partial charge in [-0.3, -0.25) is 4.79 Å². The molecular weight excluding hydrogens is 340 g/mol. The van der Waals surface area contributed by atoms with Gasteiger partial charge in [0.2, 0.25) is 0 Å². The number of carbonyl (C=O) groups is 1. The molecule has 0 aliphatic rings. The second-order valence-electron chi connectivity index (χ2n) is 7.68. The molecule has 2 rings (SSSR count). The third-order valence-corrected chi connectivity index (χ3v) is 3.99. The Morgan fingerprint density at radius 1 is 1.30 bits per heavy atom. The largest absolute Gasteiger partial charge is 0.358 e. The summed E-state index contributed by atoms with van der Waals surface area (Å²) in [5.74, 6) is 0.817. The molecule has 1 heterocycles. The molecule has 0 bridgehead atoms. The molecule has 1 aromatic carbocycles. The predicted molar refractivity (Wildman–Crippen MR) is 107 cm³/mol. The average Bonchev–Trinajstić information content (AvgIpc) is 2.61. The first kappa shape index (κ1) is 20.2. The van der Waals surface area contributed by atoms with Gasteiger partial charge in [0.25, 0.3) is 5.91 Å². The van der Waals surface area contributed by atoms with Crippen LogP contribution < -0.4 is 15.5 Å². The Morgan fingerprint density at radius 3 is 2.59 bits per heavy atom. The van der Waals surface area contributed by atoms with Gasteiger partial charge in [0, 0.05) is 31.9 Å². The third kappa shape index (κ3) is 4.94. The molecule has 2 aromatic rings. The Morgan fingerprint density at radius 2 is 2.00 bits per heavy atom. The second kappa shape index (κ2) is 8.04. The minimum Gasteiger partial charge on any atom is -0.358 e. The van der Waals surface area contributed by atoms with E-state index in [0.717, 1.165) is 17.8 Å². The fourth-order valence-corrected chi connectivity index (χ4v) is 2.82. The molecule has 0 fully saturated rings. The van der Waals surface area contributed by atoms with E-state index >= 15 is 0 Å². The van der Waals surface area contributed by atoms with Gasteiger partial charge in [-0.25, -0.2) is 9.97 Å². The highest BCUT2D eigenvalue weighted by atomic mass is 16.1. The summed E-state index contributed by atoms with van der Waals surface area (Å²) in [7, 11) is 3.50. The summed E-state index contributed by atoms with van der Waals surface area (Å²) < 4.78 is 0. The minimum absolute atomic E-state index is 0.0540. The number of rotatable bonds is 5. The maximum absolute atomic E-state index is 11.9. The van der Waals surface area contributed by atoms with Gasteiger partial charge in [-0.05, 0) is 30.0 Å². The van der Waals surface area contributed by atoms with Gasteiger partial charge in [0.05, 0.1) is 0 Å². The fraction of sp³-hybridized carbons (Fsp3) is 0.400. The first-order chi connectivity index (χ1) is 12.7. The van der Waals surface area contributed by atoms with Gasteiger partial charge < -0.3 is 15.5 Å². The number of benzene rings is 1. The van der Waals surface area contributed by atoms with Gasteiger partial charge in [-0.1, -0.05) is 26.8 Å². The van der Waals surface area contributed by atoms with Gasteiger partial charge in [0.15, 0.2) is 11.6 Å². The van der Waals surface area contributed by atoms with E-state index < -0.39 is 0 Å². The highest BCUT2D eigenvalue weighted by molar-refractivity contribution is 5.95. The van der Waals surface area contributed by atoms with Gasteiger partial charge in [-0.15, -0.1) is 0 Å². The van der Waals surface area contributed by atoms with Crippen LogP contribution in [-0.4, -0.2) is 36.5 Å². The number of hydrogen-bond acceptors (Lipinski definition) is 6. The van der Waals surface area contributed by atoms with Crippen molar-refractivity contribution in [1.82, 2.24) is 15.3 Å². The van der Waals surface area contributed by atoms with Crippen LogP contribution in [0.5, 0.6) is 0 Å². The lowest BCUT2D eigenvalue weighted by molar-refractivity contribution is 0.0963. The summed E-state index contributed by atoms with van der Waals surface area (Å²) in [6.45, 7) is 9.05. The van der Waals surface area contributed by atoms with Crippen LogP contribution in [0, 0.1) is 23.7 Å². The molecule has 27 heavy (non-hydrogen) atoms. The van der Waals surface area contributed by atoms with Crippen LogP contribution in [0.3, 0.4) is 0 Å². The molecule has 0 saturated heterocycles. The van der Waals surface area contributed by atoms with E-state index in [2.05, 4.69) is 47.4 Å². The molecule has 0 unspecified atom stereocenters. The number of nitrogens with one attached hydrogen (secondary N) is 2. The summed E-state index contributed by atoms with van der Waals surface area (Å²) in [4.78, 5) is 22.4. The number of hydrogen-bond donors (Lipinski definition) is 2. The number of carbonyl (C=O) groups excluding carboxylic acids is 1. The first-order valence-electron chi connectivity index (χ1n) is 8.72. The van der Waals surface area contributed by atoms with Crippen LogP contribution in [-0.2, 0) is 0 Å². The Bertz CT molecular complexity index is 879. The zero-order valence-electron chi connectivity index (χ0n) is 16.7. The molecule has 1 aromatic heterocycles. The molecule has 7 nitrogen and oxygen atoms in total.